The highest BCUT2D eigenvalue weighted by atomic mass is 35.6. The van der Waals surface area contributed by atoms with Crippen LogP contribution >= 0.6 is 34.8 Å². The molecule has 0 bridgehead atoms. The molecule has 2 heterocycles. The third-order valence-corrected chi connectivity index (χ3v) is 6.62. The summed E-state index contributed by atoms with van der Waals surface area (Å²) in [7, 11) is 0. The summed E-state index contributed by atoms with van der Waals surface area (Å²) >= 11 is 17.3. The van der Waals surface area contributed by atoms with E-state index in [1.165, 1.54) is 0 Å². The van der Waals surface area contributed by atoms with Crippen molar-refractivity contribution in [1.82, 2.24) is 0 Å². The van der Waals surface area contributed by atoms with Gasteiger partial charge in [-0.05, 0) is 0 Å². The van der Waals surface area contributed by atoms with Crippen LogP contribution in [0.15, 0.2) is 0 Å². The molecule has 0 aliphatic carbocycles. The van der Waals surface area contributed by atoms with Crippen LogP contribution in [0.5, 0.6) is 0 Å². The number of hydrogen-bond acceptors (Lipinski definition) is 18. The van der Waals surface area contributed by atoms with Crippen molar-refractivity contribution in [2.24, 2.45) is 0 Å². The first-order valence-corrected chi connectivity index (χ1v) is 14.8. The van der Waals surface area contributed by atoms with Crippen molar-refractivity contribution >= 4 is 76.5 Å². The molecule has 0 aromatic carbocycles. The average Bonchev–Trinajstić information content (AvgIpc) is 2.91. The standard InChI is InChI=1S/C26H34Cl3NO17/c1-9(31)38-7-15-17(37)19(47-25(30)26(27,28)29)21(41-12(4)34)24(44-15)46-18-16(8-39-10(2)32)45-23(43-14(6)36)22(42-13(5)35)20(18)40-11(3)33/h15-24,30,37H,7-8H2,1-6H3/t15-,16-,17+,18-,19+,20+,21-,22-,23+,24+/m1/s1. The maximum Gasteiger partial charge on any atom is 0.305 e. The summed E-state index contributed by atoms with van der Waals surface area (Å²) in [4.78, 5) is 71.8. The summed E-state index contributed by atoms with van der Waals surface area (Å²) < 4.78 is 52.0. The Labute approximate surface area is 282 Å². The van der Waals surface area contributed by atoms with Gasteiger partial charge in [0.05, 0.1) is 0 Å². The Morgan fingerprint density at radius 3 is 1.47 bits per heavy atom. The Bertz CT molecular complexity index is 1200. The number of ether oxygens (including phenoxy) is 10. The van der Waals surface area contributed by atoms with E-state index in [1.54, 1.807) is 0 Å². The normalized spacial score (nSPS) is 30.6. The van der Waals surface area contributed by atoms with Crippen molar-refractivity contribution in [3.63, 3.8) is 0 Å². The summed E-state index contributed by atoms with van der Waals surface area (Å²) in [5.74, 6) is -6.36. The molecule has 21 heteroatoms. The molecule has 18 nitrogen and oxygen atoms in total. The highest BCUT2D eigenvalue weighted by molar-refractivity contribution is 6.76. The van der Waals surface area contributed by atoms with Crippen LogP contribution in [0.3, 0.4) is 0 Å². The number of carbonyl (C=O) groups is 6. The zero-order chi connectivity index (χ0) is 35.8. The molecule has 2 fully saturated rings. The molecule has 0 saturated carbocycles. The van der Waals surface area contributed by atoms with E-state index in [9.17, 15) is 33.9 Å². The highest BCUT2D eigenvalue weighted by Crippen LogP contribution is 2.36. The molecule has 2 aliphatic heterocycles. The monoisotopic (exact) mass is 737 g/mol. The Hall–Kier alpha value is -3.00. The van der Waals surface area contributed by atoms with E-state index in [4.69, 9.17) is 87.6 Å². The number of carbonyl (C=O) groups excluding carboxylic acids is 6. The van der Waals surface area contributed by atoms with E-state index in [-0.39, 0.29) is 0 Å². The first-order valence-electron chi connectivity index (χ1n) is 13.6. The zero-order valence-electron chi connectivity index (χ0n) is 25.8. The molecule has 2 rings (SSSR count). The van der Waals surface area contributed by atoms with Crippen LogP contribution in [-0.4, -0.2) is 125 Å². The number of aliphatic hydroxyl groups is 1. The van der Waals surface area contributed by atoms with Crippen molar-refractivity contribution < 1.29 is 81.2 Å². The quantitative estimate of drug-likeness (QED) is 0.0959. The average molecular weight is 739 g/mol. The minimum absolute atomic E-state index is 0.634. The summed E-state index contributed by atoms with van der Waals surface area (Å²) in [6.45, 7) is 4.84. The Kier molecular flexibility index (Phi) is 14.9. The smallest absolute Gasteiger partial charge is 0.305 e. The van der Waals surface area contributed by atoms with E-state index in [1.807, 2.05) is 0 Å². The molecule has 0 aromatic rings. The second-order valence-electron chi connectivity index (χ2n) is 10.0. The van der Waals surface area contributed by atoms with Crippen LogP contribution in [0.2, 0.25) is 0 Å². The fourth-order valence-electron chi connectivity index (χ4n) is 4.42. The number of hydrogen-bond donors (Lipinski definition) is 2. The van der Waals surface area contributed by atoms with Crippen LogP contribution in [0.25, 0.3) is 0 Å². The number of alkyl halides is 3. The molecule has 2 aliphatic rings. The molecule has 2 N–H and O–H groups in total. The van der Waals surface area contributed by atoms with Gasteiger partial charge in [0, 0.05) is 41.5 Å². The van der Waals surface area contributed by atoms with Gasteiger partial charge in [0.25, 0.3) is 3.79 Å². The largest absolute Gasteiger partial charge is 0.468 e. The van der Waals surface area contributed by atoms with Gasteiger partial charge in [0.15, 0.2) is 24.6 Å². The lowest BCUT2D eigenvalue weighted by molar-refractivity contribution is -0.356. The van der Waals surface area contributed by atoms with Gasteiger partial charge in [0.2, 0.25) is 18.3 Å². The predicted octanol–water partition coefficient (Wildman–Crippen LogP) is 0.399. The maximum atomic E-state index is 12.3. The van der Waals surface area contributed by atoms with Crippen molar-refractivity contribution in [3.8, 4) is 0 Å². The SMILES string of the molecule is CC(=O)OC[C@H]1O[C@@H](O[C@H]2[C@H](OC(C)=O)[C@@H](OC(C)=O)[C@@H](OC(C)=O)O[C@@H]2COC(C)=O)[C@H](OC(C)=O)[C@@H](OC(=N)C(Cl)(Cl)Cl)[C@H]1O. The fourth-order valence-corrected chi connectivity index (χ4v) is 4.56. The molecule has 0 radical (unpaired) electrons. The van der Waals surface area contributed by atoms with Crippen LogP contribution < -0.4 is 0 Å². The van der Waals surface area contributed by atoms with Crippen LogP contribution in [0, 0.1) is 5.41 Å². The molecule has 0 amide bonds. The number of rotatable bonds is 11. The van der Waals surface area contributed by atoms with Gasteiger partial charge in [-0.1, -0.05) is 34.8 Å². The molecule has 0 unspecified atom stereocenters. The van der Waals surface area contributed by atoms with Crippen LogP contribution in [-0.2, 0) is 76.1 Å². The minimum Gasteiger partial charge on any atom is -0.468 e. The lowest BCUT2D eigenvalue weighted by atomic mass is 9.96. The van der Waals surface area contributed by atoms with Crippen molar-refractivity contribution in [2.75, 3.05) is 13.2 Å². The summed E-state index contributed by atoms with van der Waals surface area (Å²) in [6, 6.07) is 0. The van der Waals surface area contributed by atoms with E-state index >= 15 is 0 Å². The highest BCUT2D eigenvalue weighted by Gasteiger charge is 2.57. The van der Waals surface area contributed by atoms with Gasteiger partial charge in [-0.3, -0.25) is 34.2 Å². The molecular weight excluding hydrogens is 705 g/mol. The predicted molar refractivity (Wildman–Crippen MR) is 153 cm³/mol. The first kappa shape index (κ1) is 40.2. The fraction of sp³-hybridized carbons (Fsp3) is 0.731. The van der Waals surface area contributed by atoms with Crippen molar-refractivity contribution in [3.05, 3.63) is 0 Å². The topological polar surface area (TPSA) is 239 Å². The number of aliphatic hydroxyl groups excluding tert-OH is 1. The van der Waals surface area contributed by atoms with Gasteiger partial charge in [-0.2, -0.15) is 0 Å². The van der Waals surface area contributed by atoms with Crippen LogP contribution in [0.1, 0.15) is 41.5 Å². The molecule has 0 aromatic heterocycles. The third-order valence-electron chi connectivity index (χ3n) is 6.10. The molecule has 10 atom stereocenters. The second-order valence-corrected chi connectivity index (χ2v) is 12.3. The van der Waals surface area contributed by atoms with E-state index < -0.39 is 120 Å². The lowest BCUT2D eigenvalue weighted by Gasteiger charge is -2.48. The Balaban J connectivity index is 2.70. The molecule has 47 heavy (non-hydrogen) atoms. The number of halogens is 3. The van der Waals surface area contributed by atoms with E-state index in [2.05, 4.69) is 0 Å². The third kappa shape index (κ3) is 12.2. The summed E-state index contributed by atoms with van der Waals surface area (Å²) in [5.41, 5.74) is 0. The lowest BCUT2D eigenvalue weighted by Crippen LogP contribution is -2.67. The Morgan fingerprint density at radius 1 is 0.596 bits per heavy atom. The summed E-state index contributed by atoms with van der Waals surface area (Å²) in [6.07, 6.45) is -17.1. The first-order chi connectivity index (χ1) is 21.7. The van der Waals surface area contributed by atoms with Gasteiger partial charge in [0.1, 0.15) is 37.6 Å². The molecule has 0 spiro atoms. The van der Waals surface area contributed by atoms with Gasteiger partial charge >= 0.3 is 35.8 Å². The number of esters is 6. The second kappa shape index (κ2) is 17.4. The minimum atomic E-state index is -2.46. The molecule has 2 saturated heterocycles. The van der Waals surface area contributed by atoms with Gasteiger partial charge < -0.3 is 52.5 Å². The number of nitrogens with one attached hydrogen (secondary N) is 1. The Morgan fingerprint density at radius 2 is 1.02 bits per heavy atom. The van der Waals surface area contributed by atoms with Gasteiger partial charge in [-0.25, -0.2) is 0 Å². The van der Waals surface area contributed by atoms with Crippen molar-refractivity contribution in [1.29, 1.82) is 5.41 Å². The van der Waals surface area contributed by atoms with E-state index in [0.717, 1.165) is 41.5 Å². The van der Waals surface area contributed by atoms with Crippen LogP contribution in [0.4, 0.5) is 0 Å². The van der Waals surface area contributed by atoms with E-state index in [0.29, 0.717) is 0 Å². The zero-order valence-corrected chi connectivity index (χ0v) is 28.1. The molecular formula is C26H34Cl3NO17. The maximum absolute atomic E-state index is 12.3. The van der Waals surface area contributed by atoms with Crippen molar-refractivity contribution in [2.45, 2.75) is 107 Å². The van der Waals surface area contributed by atoms with Gasteiger partial charge in [-0.15, -0.1) is 0 Å². The summed E-state index contributed by atoms with van der Waals surface area (Å²) in [5, 5.41) is 19.2. The molecule has 266 valence electrons.